The minimum absolute atomic E-state index is 0.0374. The Bertz CT molecular complexity index is 402. The van der Waals surface area contributed by atoms with Crippen molar-refractivity contribution < 1.29 is 23.5 Å². The van der Waals surface area contributed by atoms with Gasteiger partial charge in [-0.05, 0) is 13.8 Å². The predicted octanol–water partition coefficient (Wildman–Crippen LogP) is 1.47. The van der Waals surface area contributed by atoms with E-state index in [4.69, 9.17) is 4.42 Å². The number of aryl methyl sites for hydroxylation is 1. The fraction of sp³-hybridized carbons (Fsp3) is 0.400. The molecule has 0 unspecified atom stereocenters. The number of esters is 2. The van der Waals surface area contributed by atoms with Crippen LogP contribution < -0.4 is 0 Å². The van der Waals surface area contributed by atoms with E-state index in [0.717, 1.165) is 0 Å². The van der Waals surface area contributed by atoms with Crippen molar-refractivity contribution >= 4 is 11.9 Å². The Kier molecular flexibility index (Phi) is 3.14. The van der Waals surface area contributed by atoms with Gasteiger partial charge in [-0.15, -0.1) is 0 Å². The topological polar surface area (TPSA) is 65.7 Å². The van der Waals surface area contributed by atoms with Gasteiger partial charge in [0.1, 0.15) is 11.3 Å². The van der Waals surface area contributed by atoms with Gasteiger partial charge in [-0.25, -0.2) is 9.59 Å². The first-order chi connectivity index (χ1) is 7.02. The van der Waals surface area contributed by atoms with E-state index in [-0.39, 0.29) is 11.3 Å². The molecular formula is C10H12O5. The summed E-state index contributed by atoms with van der Waals surface area (Å²) in [6.45, 7) is 3.20. The van der Waals surface area contributed by atoms with E-state index in [1.54, 1.807) is 13.8 Å². The average molecular weight is 212 g/mol. The molecule has 5 heteroatoms. The molecule has 1 aromatic heterocycles. The summed E-state index contributed by atoms with van der Waals surface area (Å²) >= 11 is 0. The molecule has 0 amide bonds. The van der Waals surface area contributed by atoms with Gasteiger partial charge >= 0.3 is 11.9 Å². The molecule has 82 valence electrons. The van der Waals surface area contributed by atoms with Crippen LogP contribution in [0.1, 0.15) is 32.2 Å². The molecular weight excluding hydrogens is 200 g/mol. The Morgan fingerprint density at radius 3 is 2.07 bits per heavy atom. The molecule has 0 saturated carbocycles. The molecule has 1 heterocycles. The maximum atomic E-state index is 11.3. The highest BCUT2D eigenvalue weighted by Gasteiger charge is 2.25. The van der Waals surface area contributed by atoms with Crippen LogP contribution in [-0.2, 0) is 9.47 Å². The minimum Gasteiger partial charge on any atom is -0.465 e. The number of carbonyl (C=O) groups is 2. The fourth-order valence-corrected chi connectivity index (χ4v) is 1.34. The maximum Gasteiger partial charge on any atom is 0.374 e. The SMILES string of the molecule is COC(=O)c1oc(C)c(C(=O)OC)c1C. The third kappa shape index (κ3) is 1.86. The Morgan fingerprint density at radius 2 is 1.60 bits per heavy atom. The minimum atomic E-state index is -0.606. The molecule has 0 aliphatic carbocycles. The number of hydrogen-bond donors (Lipinski definition) is 0. The van der Waals surface area contributed by atoms with Gasteiger partial charge in [-0.3, -0.25) is 0 Å². The molecule has 0 bridgehead atoms. The van der Waals surface area contributed by atoms with Crippen molar-refractivity contribution in [3.05, 3.63) is 22.6 Å². The molecule has 0 atom stereocenters. The first kappa shape index (κ1) is 11.3. The van der Waals surface area contributed by atoms with Crippen molar-refractivity contribution in [2.24, 2.45) is 0 Å². The number of furan rings is 1. The van der Waals surface area contributed by atoms with Gasteiger partial charge in [-0.1, -0.05) is 0 Å². The van der Waals surface area contributed by atoms with Gasteiger partial charge in [-0.2, -0.15) is 0 Å². The first-order valence-electron chi connectivity index (χ1n) is 4.29. The third-order valence-corrected chi connectivity index (χ3v) is 2.08. The van der Waals surface area contributed by atoms with E-state index >= 15 is 0 Å². The molecule has 0 aromatic carbocycles. The van der Waals surface area contributed by atoms with Gasteiger partial charge in [0.2, 0.25) is 5.76 Å². The van der Waals surface area contributed by atoms with Crippen molar-refractivity contribution in [3.8, 4) is 0 Å². The summed E-state index contributed by atoms with van der Waals surface area (Å²) < 4.78 is 14.2. The Labute approximate surface area is 87.0 Å². The molecule has 0 spiro atoms. The highest BCUT2D eigenvalue weighted by molar-refractivity contribution is 5.97. The summed E-state index contributed by atoms with van der Waals surface area (Å²) in [5.41, 5.74) is 0.712. The lowest BCUT2D eigenvalue weighted by Crippen LogP contribution is -2.05. The van der Waals surface area contributed by atoms with E-state index in [9.17, 15) is 9.59 Å². The lowest BCUT2D eigenvalue weighted by atomic mass is 10.1. The molecule has 15 heavy (non-hydrogen) atoms. The van der Waals surface area contributed by atoms with Gasteiger partial charge in [0, 0.05) is 5.56 Å². The monoisotopic (exact) mass is 212 g/mol. The average Bonchev–Trinajstić information content (AvgIpc) is 2.52. The second kappa shape index (κ2) is 4.16. The Morgan fingerprint density at radius 1 is 1.07 bits per heavy atom. The highest BCUT2D eigenvalue weighted by atomic mass is 16.5. The molecule has 0 saturated heterocycles. The highest BCUT2D eigenvalue weighted by Crippen LogP contribution is 2.22. The number of rotatable bonds is 2. The zero-order chi connectivity index (χ0) is 11.6. The summed E-state index contributed by atoms with van der Waals surface area (Å²) in [4.78, 5) is 22.6. The van der Waals surface area contributed by atoms with Crippen LogP contribution in [0.4, 0.5) is 0 Å². The zero-order valence-corrected chi connectivity index (χ0v) is 9.04. The Hall–Kier alpha value is -1.78. The standard InChI is InChI=1S/C10H12O5/c1-5-7(9(11)13-3)6(2)15-8(5)10(12)14-4/h1-4H3. The second-order valence-corrected chi connectivity index (χ2v) is 2.97. The van der Waals surface area contributed by atoms with Crippen molar-refractivity contribution in [3.63, 3.8) is 0 Å². The smallest absolute Gasteiger partial charge is 0.374 e. The summed E-state index contributed by atoms with van der Waals surface area (Å²) in [5.74, 6) is -0.746. The molecule has 0 fully saturated rings. The normalized spacial score (nSPS) is 9.87. The van der Waals surface area contributed by atoms with Crippen molar-refractivity contribution in [2.45, 2.75) is 13.8 Å². The summed E-state index contributed by atoms with van der Waals surface area (Å²) in [5, 5.41) is 0. The fourth-order valence-electron chi connectivity index (χ4n) is 1.34. The molecule has 0 aliphatic rings. The van der Waals surface area contributed by atoms with E-state index in [1.807, 2.05) is 0 Å². The van der Waals surface area contributed by atoms with Crippen LogP contribution in [0.3, 0.4) is 0 Å². The van der Waals surface area contributed by atoms with Gasteiger partial charge in [0.05, 0.1) is 14.2 Å². The maximum absolute atomic E-state index is 11.3. The first-order valence-corrected chi connectivity index (χ1v) is 4.29. The molecule has 1 aromatic rings. The van der Waals surface area contributed by atoms with Crippen molar-refractivity contribution in [2.75, 3.05) is 14.2 Å². The number of ether oxygens (including phenoxy) is 2. The van der Waals surface area contributed by atoms with Gasteiger partial charge < -0.3 is 13.9 Å². The predicted molar refractivity (Wildman–Crippen MR) is 50.9 cm³/mol. The van der Waals surface area contributed by atoms with Crippen molar-refractivity contribution in [1.82, 2.24) is 0 Å². The lowest BCUT2D eigenvalue weighted by Gasteiger charge is -1.97. The molecule has 0 radical (unpaired) electrons. The van der Waals surface area contributed by atoms with E-state index < -0.39 is 11.9 Å². The zero-order valence-electron chi connectivity index (χ0n) is 9.04. The van der Waals surface area contributed by atoms with Crippen molar-refractivity contribution in [1.29, 1.82) is 0 Å². The lowest BCUT2D eigenvalue weighted by molar-refractivity contribution is 0.0560. The van der Waals surface area contributed by atoms with E-state index in [2.05, 4.69) is 9.47 Å². The van der Waals surface area contributed by atoms with E-state index in [0.29, 0.717) is 11.3 Å². The number of carbonyl (C=O) groups excluding carboxylic acids is 2. The Balaban J connectivity index is 3.26. The largest absolute Gasteiger partial charge is 0.465 e. The second-order valence-electron chi connectivity index (χ2n) is 2.97. The van der Waals surface area contributed by atoms with Crippen LogP contribution in [0.25, 0.3) is 0 Å². The van der Waals surface area contributed by atoms with Crippen LogP contribution in [-0.4, -0.2) is 26.2 Å². The van der Waals surface area contributed by atoms with Crippen LogP contribution in [0.2, 0.25) is 0 Å². The quantitative estimate of drug-likeness (QED) is 0.694. The molecule has 0 N–H and O–H groups in total. The van der Waals surface area contributed by atoms with E-state index in [1.165, 1.54) is 14.2 Å². The summed E-state index contributed by atoms with van der Waals surface area (Å²) in [6.07, 6.45) is 0. The molecule has 1 rings (SSSR count). The van der Waals surface area contributed by atoms with Crippen LogP contribution in [0.5, 0.6) is 0 Å². The van der Waals surface area contributed by atoms with Crippen LogP contribution >= 0.6 is 0 Å². The van der Waals surface area contributed by atoms with Gasteiger partial charge in [0.15, 0.2) is 0 Å². The van der Waals surface area contributed by atoms with Crippen LogP contribution in [0.15, 0.2) is 4.42 Å². The number of hydrogen-bond acceptors (Lipinski definition) is 5. The molecule has 0 aliphatic heterocycles. The summed E-state index contributed by atoms with van der Waals surface area (Å²) in [6, 6.07) is 0. The molecule has 5 nitrogen and oxygen atoms in total. The summed E-state index contributed by atoms with van der Waals surface area (Å²) in [7, 11) is 2.52. The third-order valence-electron chi connectivity index (χ3n) is 2.08. The number of methoxy groups -OCH3 is 2. The van der Waals surface area contributed by atoms with Crippen LogP contribution in [0, 0.1) is 13.8 Å². The van der Waals surface area contributed by atoms with Gasteiger partial charge in [0.25, 0.3) is 0 Å².